The molecule has 128 valence electrons. The number of carbonyl (C=O) groups is 1. The molecule has 0 atom stereocenters. The first-order valence-electron chi connectivity index (χ1n) is 7.92. The highest BCUT2D eigenvalue weighted by Gasteiger charge is 2.12. The third kappa shape index (κ3) is 4.00. The van der Waals surface area contributed by atoms with E-state index in [1.807, 2.05) is 19.9 Å². The lowest BCUT2D eigenvalue weighted by Crippen LogP contribution is -2.23. The molecular weight excluding hydrogens is 320 g/mol. The minimum atomic E-state index is -0.232. The maximum absolute atomic E-state index is 12.3. The van der Waals surface area contributed by atoms with E-state index >= 15 is 0 Å². The van der Waals surface area contributed by atoms with Gasteiger partial charge in [0.15, 0.2) is 0 Å². The van der Waals surface area contributed by atoms with E-state index in [0.29, 0.717) is 29.6 Å². The molecule has 0 saturated heterocycles. The second-order valence-corrected chi connectivity index (χ2v) is 5.34. The maximum Gasteiger partial charge on any atom is 0.251 e. The van der Waals surface area contributed by atoms with Crippen molar-refractivity contribution in [3.63, 3.8) is 0 Å². The topological polar surface area (TPSA) is 90.1 Å². The van der Waals surface area contributed by atoms with E-state index in [-0.39, 0.29) is 12.5 Å². The number of hydrogen-bond acceptors (Lipinski definition) is 6. The lowest BCUT2D eigenvalue weighted by atomic mass is 10.1. The first kappa shape index (κ1) is 16.6. The Morgan fingerprint density at radius 3 is 2.80 bits per heavy atom. The van der Waals surface area contributed by atoms with Crippen molar-refractivity contribution in [3.05, 3.63) is 59.7 Å². The van der Waals surface area contributed by atoms with Gasteiger partial charge in [0.05, 0.1) is 13.2 Å². The molecule has 25 heavy (non-hydrogen) atoms. The molecular formula is C18H18N4O3. The van der Waals surface area contributed by atoms with E-state index in [4.69, 9.17) is 9.26 Å². The summed E-state index contributed by atoms with van der Waals surface area (Å²) in [5.41, 5.74) is 2.30. The first-order chi connectivity index (χ1) is 12.2. The van der Waals surface area contributed by atoms with Crippen molar-refractivity contribution in [3.8, 4) is 17.1 Å². The van der Waals surface area contributed by atoms with Gasteiger partial charge in [-0.05, 0) is 43.7 Å². The highest BCUT2D eigenvalue weighted by Crippen LogP contribution is 2.19. The Morgan fingerprint density at radius 2 is 2.04 bits per heavy atom. The number of aryl methyl sites for hydroxylation is 1. The van der Waals surface area contributed by atoms with Crippen molar-refractivity contribution >= 4 is 5.91 Å². The molecule has 0 aliphatic carbocycles. The molecule has 0 radical (unpaired) electrons. The summed E-state index contributed by atoms with van der Waals surface area (Å²) in [7, 11) is 0. The third-order valence-corrected chi connectivity index (χ3v) is 3.56. The van der Waals surface area contributed by atoms with Crippen LogP contribution < -0.4 is 10.1 Å². The number of nitrogens with one attached hydrogen (secondary N) is 1. The molecule has 7 nitrogen and oxygen atoms in total. The van der Waals surface area contributed by atoms with E-state index in [1.54, 1.807) is 36.7 Å². The molecule has 0 spiro atoms. The summed E-state index contributed by atoms with van der Waals surface area (Å²) in [5, 5.41) is 6.67. The van der Waals surface area contributed by atoms with Gasteiger partial charge < -0.3 is 14.6 Å². The summed E-state index contributed by atoms with van der Waals surface area (Å²) in [5.74, 6) is 1.26. The summed E-state index contributed by atoms with van der Waals surface area (Å²) in [6, 6.07) is 8.91. The molecule has 1 N–H and O–H groups in total. The van der Waals surface area contributed by atoms with Crippen LogP contribution in [0.3, 0.4) is 0 Å². The molecule has 0 aliphatic rings. The molecule has 0 saturated carbocycles. The van der Waals surface area contributed by atoms with Gasteiger partial charge in [-0.2, -0.15) is 4.98 Å². The highest BCUT2D eigenvalue weighted by molar-refractivity contribution is 5.94. The van der Waals surface area contributed by atoms with E-state index < -0.39 is 0 Å². The Hall–Kier alpha value is -3.22. The molecule has 3 aromatic rings. The standard InChI is InChI=1S/C18H18N4O3/c1-3-24-15-10-14(5-4-12(15)2)18(23)20-11-16-21-17(22-25-16)13-6-8-19-9-7-13/h4-10H,3,11H2,1-2H3,(H,20,23). The predicted octanol–water partition coefficient (Wildman–Crippen LogP) is 2.77. The number of aromatic nitrogens is 3. The molecule has 0 unspecified atom stereocenters. The largest absolute Gasteiger partial charge is 0.494 e. The average Bonchev–Trinajstić information content (AvgIpc) is 3.11. The second kappa shape index (κ2) is 7.57. The predicted molar refractivity (Wildman–Crippen MR) is 91.0 cm³/mol. The van der Waals surface area contributed by atoms with Gasteiger partial charge in [-0.3, -0.25) is 9.78 Å². The number of benzene rings is 1. The van der Waals surface area contributed by atoms with E-state index in [2.05, 4.69) is 20.4 Å². The van der Waals surface area contributed by atoms with Gasteiger partial charge in [-0.25, -0.2) is 0 Å². The van der Waals surface area contributed by atoms with Crippen LogP contribution in [0.4, 0.5) is 0 Å². The van der Waals surface area contributed by atoms with E-state index in [0.717, 1.165) is 11.1 Å². The lowest BCUT2D eigenvalue weighted by Gasteiger charge is -2.09. The fraction of sp³-hybridized carbons (Fsp3) is 0.222. The zero-order valence-electron chi connectivity index (χ0n) is 14.0. The van der Waals surface area contributed by atoms with Gasteiger partial charge in [0.2, 0.25) is 11.7 Å². The third-order valence-electron chi connectivity index (χ3n) is 3.56. The number of ether oxygens (including phenoxy) is 1. The Balaban J connectivity index is 1.65. The van der Waals surface area contributed by atoms with Crippen LogP contribution in [0.2, 0.25) is 0 Å². The van der Waals surface area contributed by atoms with Crippen LogP contribution in [0.5, 0.6) is 5.75 Å². The number of hydrogen-bond donors (Lipinski definition) is 1. The fourth-order valence-corrected chi connectivity index (χ4v) is 2.26. The van der Waals surface area contributed by atoms with Gasteiger partial charge in [0, 0.05) is 23.5 Å². The van der Waals surface area contributed by atoms with Gasteiger partial charge >= 0.3 is 0 Å². The zero-order chi connectivity index (χ0) is 17.6. The Morgan fingerprint density at radius 1 is 1.24 bits per heavy atom. The number of nitrogens with zero attached hydrogens (tertiary/aromatic N) is 3. The summed E-state index contributed by atoms with van der Waals surface area (Å²) < 4.78 is 10.7. The minimum absolute atomic E-state index is 0.148. The molecule has 2 aromatic heterocycles. The smallest absolute Gasteiger partial charge is 0.251 e. The lowest BCUT2D eigenvalue weighted by molar-refractivity contribution is 0.0946. The Labute approximate surface area is 145 Å². The normalized spacial score (nSPS) is 10.5. The maximum atomic E-state index is 12.3. The summed E-state index contributed by atoms with van der Waals surface area (Å²) >= 11 is 0. The summed E-state index contributed by atoms with van der Waals surface area (Å²) in [6.45, 7) is 4.54. The van der Waals surface area contributed by atoms with Gasteiger partial charge in [-0.15, -0.1) is 0 Å². The van der Waals surface area contributed by atoms with Crippen LogP contribution in [-0.2, 0) is 6.54 Å². The zero-order valence-corrected chi connectivity index (χ0v) is 14.0. The molecule has 0 bridgehead atoms. The van der Waals surface area contributed by atoms with Crippen LogP contribution in [-0.4, -0.2) is 27.6 Å². The van der Waals surface area contributed by atoms with Crippen molar-refractivity contribution in [2.75, 3.05) is 6.61 Å². The van der Waals surface area contributed by atoms with E-state index in [9.17, 15) is 4.79 Å². The molecule has 3 rings (SSSR count). The Bertz CT molecular complexity index is 862. The molecule has 7 heteroatoms. The van der Waals surface area contributed by atoms with Crippen LogP contribution in [0, 0.1) is 6.92 Å². The van der Waals surface area contributed by atoms with Crippen LogP contribution in [0.25, 0.3) is 11.4 Å². The van der Waals surface area contributed by atoms with Crippen molar-refractivity contribution in [2.24, 2.45) is 0 Å². The fourth-order valence-electron chi connectivity index (χ4n) is 2.26. The quantitative estimate of drug-likeness (QED) is 0.743. The van der Waals surface area contributed by atoms with Crippen molar-refractivity contribution in [1.29, 1.82) is 0 Å². The average molecular weight is 338 g/mol. The van der Waals surface area contributed by atoms with Crippen LogP contribution in [0.15, 0.2) is 47.2 Å². The number of carbonyl (C=O) groups excluding carboxylic acids is 1. The van der Waals surface area contributed by atoms with Crippen LogP contribution >= 0.6 is 0 Å². The number of rotatable bonds is 6. The van der Waals surface area contributed by atoms with E-state index in [1.165, 1.54) is 0 Å². The summed E-state index contributed by atoms with van der Waals surface area (Å²) in [6.07, 6.45) is 3.31. The highest BCUT2D eigenvalue weighted by atomic mass is 16.5. The van der Waals surface area contributed by atoms with Gasteiger partial charge in [-0.1, -0.05) is 11.2 Å². The first-order valence-corrected chi connectivity index (χ1v) is 7.92. The van der Waals surface area contributed by atoms with Crippen LogP contribution in [0.1, 0.15) is 28.7 Å². The number of pyridine rings is 1. The Kier molecular flexibility index (Phi) is 5.03. The van der Waals surface area contributed by atoms with Crippen molar-refractivity contribution < 1.29 is 14.1 Å². The minimum Gasteiger partial charge on any atom is -0.494 e. The van der Waals surface area contributed by atoms with Crippen molar-refractivity contribution in [1.82, 2.24) is 20.4 Å². The monoisotopic (exact) mass is 338 g/mol. The van der Waals surface area contributed by atoms with Gasteiger partial charge in [0.1, 0.15) is 5.75 Å². The van der Waals surface area contributed by atoms with Crippen molar-refractivity contribution in [2.45, 2.75) is 20.4 Å². The molecule has 0 fully saturated rings. The molecule has 0 aliphatic heterocycles. The second-order valence-electron chi connectivity index (χ2n) is 5.34. The molecule has 1 aromatic carbocycles. The molecule has 2 heterocycles. The number of amides is 1. The van der Waals surface area contributed by atoms with Gasteiger partial charge in [0.25, 0.3) is 5.91 Å². The summed E-state index contributed by atoms with van der Waals surface area (Å²) in [4.78, 5) is 20.5. The SMILES string of the molecule is CCOc1cc(C(=O)NCc2nc(-c3ccncc3)no2)ccc1C. The molecule has 1 amide bonds.